The molecular weight excluding hydrogens is 386 g/mol. The van der Waals surface area contributed by atoms with Crippen LogP contribution in [0.4, 0.5) is 0 Å². The molecule has 1 aliphatic heterocycles. The van der Waals surface area contributed by atoms with Gasteiger partial charge >= 0.3 is 0 Å². The molecule has 4 aliphatic carbocycles. The van der Waals surface area contributed by atoms with Crippen molar-refractivity contribution in [1.82, 2.24) is 0 Å². The highest BCUT2D eigenvalue weighted by Crippen LogP contribution is 2.67. The highest BCUT2D eigenvalue weighted by molar-refractivity contribution is 6.41. The van der Waals surface area contributed by atoms with Crippen LogP contribution in [-0.4, -0.2) is 35.0 Å². The van der Waals surface area contributed by atoms with Gasteiger partial charge in [-0.1, -0.05) is 27.7 Å². The number of carbonyl (C=O) groups excluding carboxylic acids is 2. The van der Waals surface area contributed by atoms with Gasteiger partial charge in [0.25, 0.3) is 0 Å². The zero-order valence-electron chi connectivity index (χ0n) is 19.9. The smallest absolute Gasteiger partial charge is 0.177 e. The van der Waals surface area contributed by atoms with Crippen LogP contribution in [-0.2, 0) is 9.59 Å². The molecule has 5 rings (SSSR count). The van der Waals surface area contributed by atoms with Gasteiger partial charge in [-0.2, -0.15) is 0 Å². The van der Waals surface area contributed by atoms with Gasteiger partial charge in [-0.05, 0) is 85.4 Å². The van der Waals surface area contributed by atoms with E-state index in [4.69, 9.17) is 4.99 Å². The number of ketones is 2. The van der Waals surface area contributed by atoms with Crippen molar-refractivity contribution in [2.45, 2.75) is 91.6 Å². The van der Waals surface area contributed by atoms with E-state index in [1.807, 2.05) is 0 Å². The van der Waals surface area contributed by atoms with Crippen LogP contribution in [0.5, 0.6) is 0 Å². The first-order valence-electron chi connectivity index (χ1n) is 12.9. The Morgan fingerprint density at radius 1 is 1.00 bits per heavy atom. The van der Waals surface area contributed by atoms with Crippen LogP contribution in [0.25, 0.3) is 0 Å². The first-order valence-corrected chi connectivity index (χ1v) is 12.9. The van der Waals surface area contributed by atoms with Crippen molar-refractivity contribution in [2.24, 2.45) is 57.2 Å². The fourth-order valence-corrected chi connectivity index (χ4v) is 9.30. The van der Waals surface area contributed by atoms with E-state index in [9.17, 15) is 14.7 Å². The molecule has 4 fully saturated rings. The zero-order chi connectivity index (χ0) is 22.1. The lowest BCUT2D eigenvalue weighted by Crippen LogP contribution is -2.57. The molecule has 0 saturated heterocycles. The minimum Gasteiger partial charge on any atom is -0.393 e. The van der Waals surface area contributed by atoms with Gasteiger partial charge in [-0.25, -0.2) is 0 Å². The zero-order valence-corrected chi connectivity index (χ0v) is 19.9. The van der Waals surface area contributed by atoms with E-state index in [1.54, 1.807) is 0 Å². The van der Waals surface area contributed by atoms with Gasteiger partial charge in [0.2, 0.25) is 0 Å². The lowest BCUT2D eigenvalue weighted by molar-refractivity contribution is -0.159. The van der Waals surface area contributed by atoms with Crippen LogP contribution in [0.3, 0.4) is 0 Å². The number of rotatable bonds is 2. The predicted octanol–water partition coefficient (Wildman–Crippen LogP) is 4.87. The average molecular weight is 428 g/mol. The van der Waals surface area contributed by atoms with Gasteiger partial charge in [0.15, 0.2) is 5.78 Å². The molecule has 172 valence electrons. The molecule has 1 heterocycles. The Bertz CT molecular complexity index is 804. The van der Waals surface area contributed by atoms with Crippen LogP contribution in [0.15, 0.2) is 4.99 Å². The summed E-state index contributed by atoms with van der Waals surface area (Å²) >= 11 is 0. The number of aliphatic hydroxyl groups excluding tert-OH is 1. The Hall–Kier alpha value is -1.03. The summed E-state index contributed by atoms with van der Waals surface area (Å²) in [5.41, 5.74) is 1.15. The first-order chi connectivity index (χ1) is 14.6. The second-order valence-electron chi connectivity index (χ2n) is 12.5. The van der Waals surface area contributed by atoms with Crippen LogP contribution in [0.1, 0.15) is 85.5 Å². The Balaban J connectivity index is 1.40. The summed E-state index contributed by atoms with van der Waals surface area (Å²) in [4.78, 5) is 30.8. The van der Waals surface area contributed by atoms with Crippen molar-refractivity contribution >= 4 is 17.3 Å². The van der Waals surface area contributed by atoms with E-state index in [0.29, 0.717) is 48.2 Å². The van der Waals surface area contributed by atoms with Crippen molar-refractivity contribution in [3.63, 3.8) is 0 Å². The summed E-state index contributed by atoms with van der Waals surface area (Å²) in [6, 6.07) is 0. The van der Waals surface area contributed by atoms with Gasteiger partial charge in [0, 0.05) is 31.2 Å². The van der Waals surface area contributed by atoms with Gasteiger partial charge in [-0.15, -0.1) is 0 Å². The molecule has 0 amide bonds. The maximum Gasteiger partial charge on any atom is 0.177 e. The molecule has 4 heteroatoms. The molecule has 4 saturated carbocycles. The van der Waals surface area contributed by atoms with Gasteiger partial charge in [0.1, 0.15) is 5.78 Å². The largest absolute Gasteiger partial charge is 0.393 e. The molecule has 4 nitrogen and oxygen atoms in total. The second-order valence-corrected chi connectivity index (χ2v) is 12.5. The molecular formula is C27H41NO3. The predicted molar refractivity (Wildman–Crippen MR) is 122 cm³/mol. The molecule has 5 aliphatic rings. The van der Waals surface area contributed by atoms with Crippen molar-refractivity contribution < 1.29 is 14.7 Å². The summed E-state index contributed by atoms with van der Waals surface area (Å²) in [6.07, 6.45) is 8.39. The number of aliphatic imine (C=N–C) groups is 1. The molecule has 0 radical (unpaired) electrons. The molecule has 0 aromatic carbocycles. The van der Waals surface area contributed by atoms with Crippen molar-refractivity contribution in [3.8, 4) is 0 Å². The van der Waals surface area contributed by atoms with E-state index >= 15 is 0 Å². The number of fused-ring (bicyclic) bond motifs is 5. The molecule has 10 atom stereocenters. The highest BCUT2D eigenvalue weighted by atomic mass is 16.3. The summed E-state index contributed by atoms with van der Waals surface area (Å²) in [5, 5.41) is 10.2. The van der Waals surface area contributed by atoms with Gasteiger partial charge < -0.3 is 5.11 Å². The normalized spacial score (nSPS) is 50.9. The molecule has 0 aromatic rings. The minimum atomic E-state index is -0.291. The monoisotopic (exact) mass is 427 g/mol. The summed E-state index contributed by atoms with van der Waals surface area (Å²) in [5.74, 6) is 3.57. The Labute approximate surface area is 187 Å². The van der Waals surface area contributed by atoms with E-state index in [-0.39, 0.29) is 34.6 Å². The lowest BCUT2D eigenvalue weighted by atomic mass is 9.44. The first kappa shape index (κ1) is 21.8. The quantitative estimate of drug-likeness (QED) is 0.683. The fraction of sp³-hybridized carbons (Fsp3) is 0.889. The number of hydrogen-bond acceptors (Lipinski definition) is 4. The van der Waals surface area contributed by atoms with Crippen LogP contribution in [0.2, 0.25) is 0 Å². The number of nitrogens with zero attached hydrogens (tertiary/aromatic N) is 1. The van der Waals surface area contributed by atoms with Crippen molar-refractivity contribution in [1.29, 1.82) is 0 Å². The maximum absolute atomic E-state index is 13.3. The third-order valence-corrected chi connectivity index (χ3v) is 10.9. The van der Waals surface area contributed by atoms with Crippen LogP contribution in [0, 0.1) is 52.3 Å². The molecule has 0 bridgehead atoms. The van der Waals surface area contributed by atoms with E-state index in [2.05, 4.69) is 27.7 Å². The van der Waals surface area contributed by atoms with Gasteiger partial charge in [0.05, 0.1) is 11.8 Å². The highest BCUT2D eigenvalue weighted by Gasteiger charge is 2.62. The number of hydrogen-bond donors (Lipinski definition) is 1. The topological polar surface area (TPSA) is 66.7 Å². The number of aliphatic hydroxyl groups is 1. The fourth-order valence-electron chi connectivity index (χ4n) is 9.30. The molecule has 0 spiro atoms. The SMILES string of the molecule is C[C@H]1CN=C([C@@H](C)[C@H]2CC[C@H]3[C@@H]4CC(=O)[C@H]5C[C@@H](O)CC[C@]5(C)[C@@H]4CC[C@]23C)C(=O)C1. The molecule has 31 heavy (non-hydrogen) atoms. The molecule has 0 aromatic heterocycles. The number of Topliss-reactive ketones (excluding diaryl/α,β-unsaturated/α-hetero) is 2. The molecule has 0 unspecified atom stereocenters. The van der Waals surface area contributed by atoms with E-state index in [0.717, 1.165) is 31.5 Å². The van der Waals surface area contributed by atoms with Gasteiger partial charge in [-0.3, -0.25) is 14.6 Å². The van der Waals surface area contributed by atoms with Crippen molar-refractivity contribution in [3.05, 3.63) is 0 Å². The summed E-state index contributed by atoms with van der Waals surface area (Å²) in [7, 11) is 0. The van der Waals surface area contributed by atoms with E-state index in [1.165, 1.54) is 25.7 Å². The third-order valence-electron chi connectivity index (χ3n) is 10.9. The Morgan fingerprint density at radius 2 is 1.71 bits per heavy atom. The van der Waals surface area contributed by atoms with Crippen molar-refractivity contribution in [2.75, 3.05) is 6.54 Å². The second kappa shape index (κ2) is 7.50. The standard InChI is InChI=1S/C27H41NO3/c1-15-11-24(31)25(28-14-15)16(2)19-5-6-20-18-13-23(30)22-12-17(29)7-9-27(22,4)21(18)8-10-26(19,20)3/h15-22,29H,5-14H2,1-4H3/t15-,16+,17+,18+,19-,20+,21-,22-,26-,27-/m1/s1. The summed E-state index contributed by atoms with van der Waals surface area (Å²) < 4.78 is 0. The maximum atomic E-state index is 13.3. The van der Waals surface area contributed by atoms with Crippen LogP contribution >= 0.6 is 0 Å². The average Bonchev–Trinajstić information content (AvgIpc) is 3.06. The Kier molecular flexibility index (Phi) is 5.27. The number of carbonyl (C=O) groups is 2. The lowest BCUT2D eigenvalue weighted by Gasteiger charge is -2.60. The minimum absolute atomic E-state index is 0.0641. The third kappa shape index (κ3) is 3.21. The summed E-state index contributed by atoms with van der Waals surface area (Å²) in [6.45, 7) is 10.0. The van der Waals surface area contributed by atoms with E-state index < -0.39 is 0 Å². The van der Waals surface area contributed by atoms with Crippen LogP contribution < -0.4 is 0 Å². The Morgan fingerprint density at radius 3 is 2.45 bits per heavy atom. The molecule has 1 N–H and O–H groups in total.